The van der Waals surface area contributed by atoms with E-state index < -0.39 is 0 Å². The smallest absolute Gasteiger partial charge is 0.238 e. The van der Waals surface area contributed by atoms with Crippen molar-refractivity contribution in [2.24, 2.45) is 0 Å². The minimum atomic E-state index is 0.586. The molecule has 0 unspecified atom stereocenters. The Bertz CT molecular complexity index is 9690. The second-order valence-electron chi connectivity index (χ2n) is 36.1. The molecular weight excluding hydrogens is 1760 g/mol. The Kier molecular flexibility index (Phi) is 20.6. The van der Waals surface area contributed by atoms with Crippen LogP contribution in [0.15, 0.2) is 510 Å². The van der Waals surface area contributed by atoms with Crippen LogP contribution in [0.1, 0.15) is 0 Å². The minimum Gasteiger partial charge on any atom is -0.309 e. The van der Waals surface area contributed by atoms with Gasteiger partial charge in [0.05, 0.1) is 77.6 Å². The lowest BCUT2D eigenvalue weighted by molar-refractivity contribution is 0.952. The minimum absolute atomic E-state index is 0.586. The van der Waals surface area contributed by atoms with Gasteiger partial charge in [-0.2, -0.15) is 19.9 Å². The molecule has 674 valence electrons. The molecule has 0 fully saturated rings. The number of fused-ring (bicyclic) bond motifs is 18. The van der Waals surface area contributed by atoms with Crippen LogP contribution in [0.2, 0.25) is 0 Å². The van der Waals surface area contributed by atoms with E-state index in [0.717, 1.165) is 133 Å². The maximum Gasteiger partial charge on any atom is 0.238 e. The van der Waals surface area contributed by atoms with Crippen LogP contribution in [-0.2, 0) is 0 Å². The summed E-state index contributed by atoms with van der Waals surface area (Å²) in [4.78, 5) is 40.6. The lowest BCUT2D eigenvalue weighted by Gasteiger charge is -2.12. The van der Waals surface area contributed by atoms with Crippen LogP contribution in [-0.4, -0.2) is 67.3 Å². The fraction of sp³-hybridized carbons (Fsp3) is 0. The first-order valence-corrected chi connectivity index (χ1v) is 48.4. The zero-order valence-corrected chi connectivity index (χ0v) is 77.8. The second-order valence-corrected chi connectivity index (χ2v) is 36.1. The molecule has 0 bridgehead atoms. The SMILES string of the molecule is c1ccc(-c2cc(-c3ccccc3)nc(-n3c4ccccc4c4cc(-c5ccc(-n6c7ccccc7c7ccccc76)cc5)ccc43)n2)cc1.c1ccc(-c2nc(-c3ccccc3)nc(-n3c4ccccc4c4cc(-c5cccc(-n6c7ccccc7c7ccccc76)c5)ccc43)n2)cc1.c1ccc(-c2nc(-c3ccccc3)nc(-n3c4ccccc4c4ccc(-n5c6ccccc6c6ccccc65)cc43)n2)cc1. The van der Waals surface area contributed by atoms with Gasteiger partial charge in [-0.25, -0.2) is 19.9 Å². The summed E-state index contributed by atoms with van der Waals surface area (Å²) in [7, 11) is 0. The van der Waals surface area contributed by atoms with Crippen molar-refractivity contribution in [3.05, 3.63) is 510 Å². The zero-order chi connectivity index (χ0) is 95.1. The molecule has 0 amide bonds. The van der Waals surface area contributed by atoms with Crippen molar-refractivity contribution >= 4 is 131 Å². The first kappa shape index (κ1) is 83.7. The molecular formula is C130H84N14. The summed E-state index contributed by atoms with van der Waals surface area (Å²) in [6, 6.07) is 178. The van der Waals surface area contributed by atoms with E-state index in [0.29, 0.717) is 41.1 Å². The van der Waals surface area contributed by atoms with Crippen LogP contribution in [0.5, 0.6) is 0 Å². The Morgan fingerprint density at radius 2 is 0.340 bits per heavy atom. The predicted molar refractivity (Wildman–Crippen MR) is 591 cm³/mol. The van der Waals surface area contributed by atoms with Crippen LogP contribution in [0.25, 0.3) is 256 Å². The molecule has 29 rings (SSSR count). The van der Waals surface area contributed by atoms with Gasteiger partial charge in [0.15, 0.2) is 23.3 Å². The molecule has 29 aromatic rings. The Morgan fingerprint density at radius 1 is 0.111 bits per heavy atom. The summed E-state index contributed by atoms with van der Waals surface area (Å²) in [5.41, 5.74) is 29.2. The maximum absolute atomic E-state index is 5.18. The standard InChI is InChI=1S/C46H30N4.C45H29N5.C39H25N5/c1-3-13-32(14-4-1)40-30-41(33-15-5-2-6-16-33)48-46(47-40)50-44-22-12-9-19-38(44)39-29-34(25-28-45(39)50)31-23-26-35(27-24-31)49-42-20-10-7-17-36(42)37-18-8-11-21-43(37)49;1-3-14-30(15-4-1)43-46-44(31-16-5-2-6-17-31)48-45(47-43)50-41-25-12-9-22-37(41)38-29-33(26-27-42(38)50)32-18-13-19-34(28-32)49-39-23-10-7-20-35(39)36-21-8-11-24-40(36)49;1-3-13-26(14-4-1)37-40-38(27-15-5-2-6-16-27)42-39(41-37)44-35-22-12-9-19-31(35)32-24-23-28(25-36(32)44)43-33-20-10-7-17-29(33)30-18-8-11-21-34(30)43/h1-30H;1-29H;1-25H. The molecule has 0 aliphatic carbocycles. The van der Waals surface area contributed by atoms with Gasteiger partial charge in [-0.1, -0.05) is 388 Å². The van der Waals surface area contributed by atoms with Gasteiger partial charge in [0.2, 0.25) is 17.8 Å². The molecule has 0 spiro atoms. The van der Waals surface area contributed by atoms with Gasteiger partial charge in [-0.05, 0) is 144 Å². The fourth-order valence-corrected chi connectivity index (χ4v) is 21.1. The van der Waals surface area contributed by atoms with Crippen LogP contribution < -0.4 is 0 Å². The molecule has 0 saturated carbocycles. The lowest BCUT2D eigenvalue weighted by atomic mass is 10.0. The van der Waals surface area contributed by atoms with Crippen LogP contribution >= 0.6 is 0 Å². The maximum atomic E-state index is 5.18. The van der Waals surface area contributed by atoms with Gasteiger partial charge in [0.25, 0.3) is 0 Å². The quantitative estimate of drug-likeness (QED) is 0.105. The topological polar surface area (TPSA) is 133 Å². The molecule has 9 heterocycles. The largest absolute Gasteiger partial charge is 0.309 e. The number of rotatable bonds is 14. The highest BCUT2D eigenvalue weighted by molar-refractivity contribution is 6.16. The molecule has 14 nitrogen and oxygen atoms in total. The van der Waals surface area contributed by atoms with Gasteiger partial charge in [0.1, 0.15) is 0 Å². The highest BCUT2D eigenvalue weighted by Crippen LogP contribution is 2.44. The van der Waals surface area contributed by atoms with Gasteiger partial charge in [0, 0.05) is 115 Å². The predicted octanol–water partition coefficient (Wildman–Crippen LogP) is 32.1. The fourth-order valence-electron chi connectivity index (χ4n) is 21.1. The highest BCUT2D eigenvalue weighted by Gasteiger charge is 2.26. The van der Waals surface area contributed by atoms with E-state index in [1.165, 1.54) is 81.8 Å². The van der Waals surface area contributed by atoms with Gasteiger partial charge < -0.3 is 13.7 Å². The number of hydrogen-bond donors (Lipinski definition) is 0. The second kappa shape index (κ2) is 35.4. The normalized spacial score (nSPS) is 11.6. The molecule has 0 aliphatic rings. The molecule has 0 radical (unpaired) electrons. The van der Waals surface area contributed by atoms with Gasteiger partial charge in [-0.15, -0.1) is 0 Å². The average Bonchev–Trinajstić information content (AvgIpc) is 1.59. The van der Waals surface area contributed by atoms with E-state index in [9.17, 15) is 0 Å². The van der Waals surface area contributed by atoms with Gasteiger partial charge >= 0.3 is 0 Å². The molecule has 20 aromatic carbocycles. The van der Waals surface area contributed by atoms with E-state index in [1.54, 1.807) is 0 Å². The van der Waals surface area contributed by atoms with E-state index in [2.05, 4.69) is 404 Å². The van der Waals surface area contributed by atoms with Crippen molar-refractivity contribution < 1.29 is 0 Å². The number of benzene rings is 20. The first-order valence-electron chi connectivity index (χ1n) is 48.4. The third kappa shape index (κ3) is 14.7. The Hall–Kier alpha value is -19.7. The average molecular weight is 1840 g/mol. The Morgan fingerprint density at radius 3 is 0.681 bits per heavy atom. The van der Waals surface area contributed by atoms with Crippen molar-refractivity contribution in [1.82, 2.24) is 67.3 Å². The number of nitrogens with zero attached hydrogens (tertiary/aromatic N) is 14. The van der Waals surface area contributed by atoms with Crippen molar-refractivity contribution in [3.63, 3.8) is 0 Å². The van der Waals surface area contributed by atoms with E-state index in [-0.39, 0.29) is 0 Å². The first-order chi connectivity index (χ1) is 71.4. The van der Waals surface area contributed by atoms with Crippen molar-refractivity contribution in [2.75, 3.05) is 0 Å². The number of hydrogen-bond acceptors (Lipinski definition) is 8. The summed E-state index contributed by atoms with van der Waals surface area (Å²) in [5.74, 6) is 4.38. The lowest BCUT2D eigenvalue weighted by Crippen LogP contribution is -2.06. The summed E-state index contributed by atoms with van der Waals surface area (Å²) in [6.07, 6.45) is 0. The third-order valence-corrected chi connectivity index (χ3v) is 27.7. The molecule has 9 aromatic heterocycles. The van der Waals surface area contributed by atoms with Crippen molar-refractivity contribution in [2.45, 2.75) is 0 Å². The summed E-state index contributed by atoms with van der Waals surface area (Å²) in [6.45, 7) is 0. The van der Waals surface area contributed by atoms with Gasteiger partial charge in [-0.3, -0.25) is 13.7 Å². The number of para-hydroxylation sites is 9. The molecule has 0 atom stereocenters. The van der Waals surface area contributed by atoms with Crippen molar-refractivity contribution in [1.29, 1.82) is 0 Å². The number of aromatic nitrogens is 14. The molecule has 144 heavy (non-hydrogen) atoms. The summed E-state index contributed by atoms with van der Waals surface area (Å²) in [5, 5.41) is 14.4. The summed E-state index contributed by atoms with van der Waals surface area (Å²) >= 11 is 0. The zero-order valence-electron chi connectivity index (χ0n) is 77.8. The molecule has 14 heteroatoms. The van der Waals surface area contributed by atoms with Crippen LogP contribution in [0.3, 0.4) is 0 Å². The van der Waals surface area contributed by atoms with Crippen molar-refractivity contribution in [3.8, 4) is 125 Å². The Labute approximate surface area is 827 Å². The third-order valence-electron chi connectivity index (χ3n) is 27.7. The molecule has 0 saturated heterocycles. The van der Waals surface area contributed by atoms with E-state index in [4.69, 9.17) is 39.9 Å². The molecule has 0 N–H and O–H groups in total. The summed E-state index contributed by atoms with van der Waals surface area (Å²) < 4.78 is 13.6. The van der Waals surface area contributed by atoms with Crippen LogP contribution in [0.4, 0.5) is 0 Å². The van der Waals surface area contributed by atoms with E-state index >= 15 is 0 Å². The molecule has 0 aliphatic heterocycles. The van der Waals surface area contributed by atoms with Crippen LogP contribution in [0, 0.1) is 0 Å². The monoisotopic (exact) mass is 1840 g/mol. The highest BCUT2D eigenvalue weighted by atomic mass is 15.2. The Balaban J connectivity index is 0.000000108. The van der Waals surface area contributed by atoms with E-state index in [1.807, 2.05) is 133 Å².